The average molecular weight is 243 g/mol. The molecule has 0 aromatic rings. The van der Waals surface area contributed by atoms with Crippen molar-refractivity contribution in [2.45, 2.75) is 58.7 Å². The Morgan fingerprint density at radius 2 is 1.59 bits per heavy atom. The Bertz CT molecular complexity index is 181. The average Bonchev–Trinajstić information content (AvgIpc) is 2.36. The van der Waals surface area contributed by atoms with E-state index < -0.39 is 0 Å². The highest BCUT2D eigenvalue weighted by atomic mass is 16.7. The summed E-state index contributed by atoms with van der Waals surface area (Å²) >= 11 is 0. The Kier molecular flexibility index (Phi) is 7.09. The molecule has 3 heteroatoms. The lowest BCUT2D eigenvalue weighted by molar-refractivity contribution is -0.251. The fraction of sp³-hybridized carbons (Fsp3) is 1.00. The second-order valence-corrected chi connectivity index (χ2v) is 4.78. The third-order valence-corrected chi connectivity index (χ3v) is 3.69. The van der Waals surface area contributed by atoms with Crippen LogP contribution in [0.15, 0.2) is 0 Å². The number of hydrogen-bond acceptors (Lipinski definition) is 3. The van der Waals surface area contributed by atoms with Gasteiger partial charge in [-0.25, -0.2) is 0 Å². The second kappa shape index (κ2) is 8.06. The van der Waals surface area contributed by atoms with Gasteiger partial charge in [-0.15, -0.1) is 0 Å². The van der Waals surface area contributed by atoms with Gasteiger partial charge in [0.2, 0.25) is 0 Å². The molecule has 0 bridgehead atoms. The summed E-state index contributed by atoms with van der Waals surface area (Å²) in [6.45, 7) is 11.2. The van der Waals surface area contributed by atoms with E-state index in [1.54, 1.807) is 0 Å². The van der Waals surface area contributed by atoms with E-state index in [-0.39, 0.29) is 5.79 Å². The Morgan fingerprint density at radius 1 is 0.941 bits per heavy atom. The molecule has 0 unspecified atom stereocenters. The van der Waals surface area contributed by atoms with Gasteiger partial charge in [0.1, 0.15) is 0 Å². The molecule has 0 heterocycles. The quantitative estimate of drug-likeness (QED) is 0.612. The molecule has 0 radical (unpaired) electrons. The Balaban J connectivity index is 2.33. The van der Waals surface area contributed by atoms with Crippen molar-refractivity contribution in [2.75, 3.05) is 32.8 Å². The van der Waals surface area contributed by atoms with Gasteiger partial charge in [0.25, 0.3) is 0 Å². The van der Waals surface area contributed by atoms with Crippen LogP contribution in [-0.2, 0) is 9.47 Å². The first-order chi connectivity index (χ1) is 8.26. The van der Waals surface area contributed by atoms with Crippen LogP contribution in [0, 0.1) is 0 Å². The molecule has 1 aliphatic rings. The van der Waals surface area contributed by atoms with Gasteiger partial charge in [0.05, 0.1) is 6.61 Å². The molecule has 0 spiro atoms. The van der Waals surface area contributed by atoms with Crippen LogP contribution >= 0.6 is 0 Å². The summed E-state index contributed by atoms with van der Waals surface area (Å²) < 4.78 is 12.0. The fourth-order valence-corrected chi connectivity index (χ4v) is 2.58. The zero-order valence-corrected chi connectivity index (χ0v) is 11.8. The van der Waals surface area contributed by atoms with Crippen molar-refractivity contribution < 1.29 is 9.47 Å². The molecule has 102 valence electrons. The van der Waals surface area contributed by atoms with Crippen molar-refractivity contribution in [1.82, 2.24) is 4.90 Å². The summed E-state index contributed by atoms with van der Waals surface area (Å²) in [7, 11) is 0. The van der Waals surface area contributed by atoms with Gasteiger partial charge in [-0.3, -0.25) is 0 Å². The molecule has 1 rings (SSSR count). The summed E-state index contributed by atoms with van der Waals surface area (Å²) in [5.41, 5.74) is 0. The SMILES string of the molecule is CCOC1(OCCN(CC)CC)CCCCC1. The van der Waals surface area contributed by atoms with E-state index in [0.29, 0.717) is 0 Å². The predicted octanol–water partition coefficient (Wildman–Crippen LogP) is 3.04. The highest BCUT2D eigenvalue weighted by Crippen LogP contribution is 2.32. The van der Waals surface area contributed by atoms with E-state index in [1.807, 2.05) is 0 Å². The molecule has 0 aromatic carbocycles. The molecule has 1 aliphatic carbocycles. The topological polar surface area (TPSA) is 21.7 Å². The number of likely N-dealkylation sites (N-methyl/N-ethyl adjacent to an activating group) is 1. The lowest BCUT2D eigenvalue weighted by atomic mass is 9.94. The van der Waals surface area contributed by atoms with E-state index in [4.69, 9.17) is 9.47 Å². The maximum absolute atomic E-state index is 6.08. The Morgan fingerprint density at radius 3 is 2.12 bits per heavy atom. The van der Waals surface area contributed by atoms with Crippen LogP contribution in [0.3, 0.4) is 0 Å². The van der Waals surface area contributed by atoms with Crippen molar-refractivity contribution in [3.8, 4) is 0 Å². The van der Waals surface area contributed by atoms with Crippen LogP contribution in [0.25, 0.3) is 0 Å². The van der Waals surface area contributed by atoms with Gasteiger partial charge < -0.3 is 14.4 Å². The lowest BCUT2D eigenvalue weighted by Gasteiger charge is -2.37. The van der Waals surface area contributed by atoms with Crippen molar-refractivity contribution in [2.24, 2.45) is 0 Å². The number of rotatable bonds is 8. The summed E-state index contributed by atoms with van der Waals surface area (Å²) in [5, 5.41) is 0. The minimum Gasteiger partial charge on any atom is -0.350 e. The molecule has 0 N–H and O–H groups in total. The van der Waals surface area contributed by atoms with Crippen LogP contribution in [0.5, 0.6) is 0 Å². The zero-order chi connectivity index (χ0) is 12.6. The first-order valence-electron chi connectivity index (χ1n) is 7.26. The zero-order valence-electron chi connectivity index (χ0n) is 11.8. The van der Waals surface area contributed by atoms with Crippen LogP contribution in [0.1, 0.15) is 52.9 Å². The van der Waals surface area contributed by atoms with E-state index in [1.165, 1.54) is 19.3 Å². The van der Waals surface area contributed by atoms with E-state index in [0.717, 1.165) is 45.7 Å². The van der Waals surface area contributed by atoms with Gasteiger partial charge in [-0.05, 0) is 32.9 Å². The van der Waals surface area contributed by atoms with E-state index >= 15 is 0 Å². The molecule has 0 saturated heterocycles. The first kappa shape index (κ1) is 14.9. The monoisotopic (exact) mass is 243 g/mol. The van der Waals surface area contributed by atoms with Crippen LogP contribution in [0.4, 0.5) is 0 Å². The van der Waals surface area contributed by atoms with E-state index in [2.05, 4.69) is 25.7 Å². The molecule has 0 aliphatic heterocycles. The standard InChI is InChI=1S/C14H29NO2/c1-4-15(5-2)12-13-17-14(16-6-3)10-8-7-9-11-14/h4-13H2,1-3H3. The van der Waals surface area contributed by atoms with Crippen molar-refractivity contribution >= 4 is 0 Å². The number of nitrogens with zero attached hydrogens (tertiary/aromatic N) is 1. The maximum Gasteiger partial charge on any atom is 0.168 e. The second-order valence-electron chi connectivity index (χ2n) is 4.78. The van der Waals surface area contributed by atoms with Crippen LogP contribution in [-0.4, -0.2) is 43.5 Å². The highest BCUT2D eigenvalue weighted by Gasteiger charge is 2.33. The minimum absolute atomic E-state index is 0.264. The van der Waals surface area contributed by atoms with E-state index in [9.17, 15) is 0 Å². The smallest absolute Gasteiger partial charge is 0.168 e. The summed E-state index contributed by atoms with van der Waals surface area (Å²) in [4.78, 5) is 2.39. The van der Waals surface area contributed by atoms with Gasteiger partial charge in [-0.2, -0.15) is 0 Å². The third-order valence-electron chi connectivity index (χ3n) is 3.69. The van der Waals surface area contributed by atoms with Crippen molar-refractivity contribution in [3.63, 3.8) is 0 Å². The fourth-order valence-electron chi connectivity index (χ4n) is 2.58. The molecule has 1 saturated carbocycles. The molecular formula is C14H29NO2. The largest absolute Gasteiger partial charge is 0.350 e. The van der Waals surface area contributed by atoms with Crippen LogP contribution < -0.4 is 0 Å². The Labute approximate surface area is 106 Å². The molecule has 0 aromatic heterocycles. The normalized spacial score (nSPS) is 19.8. The summed E-state index contributed by atoms with van der Waals surface area (Å²) in [6, 6.07) is 0. The summed E-state index contributed by atoms with van der Waals surface area (Å²) in [6.07, 6.45) is 5.95. The summed E-state index contributed by atoms with van der Waals surface area (Å²) in [5.74, 6) is -0.264. The maximum atomic E-state index is 6.08. The minimum atomic E-state index is -0.264. The van der Waals surface area contributed by atoms with Gasteiger partial charge >= 0.3 is 0 Å². The van der Waals surface area contributed by atoms with Gasteiger partial charge in [0.15, 0.2) is 5.79 Å². The van der Waals surface area contributed by atoms with Crippen molar-refractivity contribution in [3.05, 3.63) is 0 Å². The molecule has 1 fully saturated rings. The van der Waals surface area contributed by atoms with Crippen LogP contribution in [0.2, 0.25) is 0 Å². The highest BCUT2D eigenvalue weighted by molar-refractivity contribution is 4.75. The molecule has 0 atom stereocenters. The molecule has 17 heavy (non-hydrogen) atoms. The first-order valence-corrected chi connectivity index (χ1v) is 7.26. The third kappa shape index (κ3) is 4.94. The molecule has 0 amide bonds. The van der Waals surface area contributed by atoms with Gasteiger partial charge in [0, 0.05) is 26.0 Å². The molecule has 3 nitrogen and oxygen atoms in total. The number of hydrogen-bond donors (Lipinski definition) is 0. The Hall–Kier alpha value is -0.120. The number of ether oxygens (including phenoxy) is 2. The molecular weight excluding hydrogens is 214 g/mol. The van der Waals surface area contributed by atoms with Gasteiger partial charge in [-0.1, -0.05) is 20.3 Å². The van der Waals surface area contributed by atoms with Crippen molar-refractivity contribution in [1.29, 1.82) is 0 Å². The lowest BCUT2D eigenvalue weighted by Crippen LogP contribution is -2.40. The predicted molar refractivity (Wildman–Crippen MR) is 71.2 cm³/mol.